The molecule has 2 rings (SSSR count). The Morgan fingerprint density at radius 1 is 1.05 bits per heavy atom. The molecule has 0 aliphatic carbocycles. The first-order valence-electron chi connectivity index (χ1n) is 5.03. The van der Waals surface area contributed by atoms with E-state index in [4.69, 9.17) is 16.4 Å². The van der Waals surface area contributed by atoms with Gasteiger partial charge in [0.1, 0.15) is 0 Å². The fourth-order valence-electron chi connectivity index (χ4n) is 1.28. The summed E-state index contributed by atoms with van der Waals surface area (Å²) in [4.78, 5) is 0. The summed E-state index contributed by atoms with van der Waals surface area (Å²) in [7, 11) is 0. The van der Waals surface area contributed by atoms with Crippen LogP contribution in [0.15, 0.2) is 47.7 Å². The third-order valence-corrected chi connectivity index (χ3v) is 2.00. The van der Waals surface area contributed by atoms with Gasteiger partial charge in [-0.05, 0) is 17.7 Å². The number of hydrazone groups is 1. The Labute approximate surface area is 111 Å². The lowest BCUT2D eigenvalue weighted by Gasteiger charge is -1.99. The molecule has 0 bridgehead atoms. The molecule has 6 nitrogen and oxygen atoms in total. The predicted octanol–water partition coefficient (Wildman–Crippen LogP) is 1.72. The van der Waals surface area contributed by atoms with Gasteiger partial charge < -0.3 is 5.84 Å². The minimum Gasteiger partial charge on any atom is -0.323 e. The maximum atomic E-state index is 6.50. The van der Waals surface area contributed by atoms with Crippen molar-refractivity contribution in [2.45, 2.75) is 0 Å². The topological polar surface area (TPSA) is 112 Å². The van der Waals surface area contributed by atoms with Crippen LogP contribution in [-0.4, -0.2) is 16.4 Å². The number of benzene rings is 1. The van der Waals surface area contributed by atoms with E-state index in [1.807, 2.05) is 36.4 Å². The van der Waals surface area contributed by atoms with E-state index in [2.05, 4.69) is 28.4 Å². The minimum absolute atomic E-state index is 0.855. The van der Waals surface area contributed by atoms with Crippen molar-refractivity contribution in [2.24, 2.45) is 10.9 Å². The van der Waals surface area contributed by atoms with E-state index in [0.717, 1.165) is 16.8 Å². The Kier molecular flexibility index (Phi) is 8.24. The summed E-state index contributed by atoms with van der Waals surface area (Å²) in [5.74, 6) is 5.06. The van der Waals surface area contributed by atoms with Gasteiger partial charge in [-0.3, -0.25) is 0 Å². The monoisotopic (exact) mass is 252 g/mol. The third-order valence-electron chi connectivity index (χ3n) is 2.00. The first kappa shape index (κ1) is 15.8. The molecule has 1 aromatic heterocycles. The van der Waals surface area contributed by atoms with Crippen LogP contribution in [-0.2, 0) is 0 Å². The molecular formula is C13H12N6. The highest BCUT2D eigenvalue weighted by atomic mass is 15.1. The van der Waals surface area contributed by atoms with Crippen LogP contribution in [0.25, 0.3) is 11.3 Å². The highest BCUT2D eigenvalue weighted by Gasteiger charge is 1.97. The van der Waals surface area contributed by atoms with Crippen molar-refractivity contribution in [1.29, 1.82) is 10.5 Å². The zero-order chi connectivity index (χ0) is 14.5. The van der Waals surface area contributed by atoms with Gasteiger partial charge in [0.2, 0.25) is 0 Å². The third kappa shape index (κ3) is 5.07. The largest absolute Gasteiger partial charge is 0.323 e. The first-order valence-corrected chi connectivity index (χ1v) is 5.03. The van der Waals surface area contributed by atoms with Gasteiger partial charge in [-0.2, -0.15) is 15.3 Å². The molecule has 0 atom stereocenters. The lowest BCUT2D eigenvalue weighted by molar-refractivity contribution is 1.04. The maximum absolute atomic E-state index is 6.50. The van der Waals surface area contributed by atoms with Gasteiger partial charge in [-0.25, -0.2) is 10.5 Å². The highest BCUT2D eigenvalue weighted by Crippen LogP contribution is 2.15. The SMILES string of the molecule is C#N.C#N.NN=Cc1ccc(-c2cccnn2)cc1. The lowest BCUT2D eigenvalue weighted by atomic mass is 10.1. The maximum Gasteiger partial charge on any atom is 0.0929 e. The van der Waals surface area contributed by atoms with Crippen LogP contribution >= 0.6 is 0 Å². The van der Waals surface area contributed by atoms with Crippen LogP contribution in [0.5, 0.6) is 0 Å². The van der Waals surface area contributed by atoms with Crippen molar-refractivity contribution < 1.29 is 0 Å². The van der Waals surface area contributed by atoms with Crippen molar-refractivity contribution in [3.8, 4) is 24.4 Å². The van der Waals surface area contributed by atoms with Gasteiger partial charge >= 0.3 is 0 Å². The Morgan fingerprint density at radius 2 is 1.68 bits per heavy atom. The molecule has 1 aromatic carbocycles. The van der Waals surface area contributed by atoms with E-state index in [0.29, 0.717) is 0 Å². The molecule has 19 heavy (non-hydrogen) atoms. The fraction of sp³-hybridized carbons (Fsp3) is 0. The van der Waals surface area contributed by atoms with E-state index in [9.17, 15) is 0 Å². The van der Waals surface area contributed by atoms with E-state index in [1.165, 1.54) is 0 Å². The van der Waals surface area contributed by atoms with Gasteiger partial charge in [0.15, 0.2) is 0 Å². The molecule has 0 unspecified atom stereocenters. The summed E-state index contributed by atoms with van der Waals surface area (Å²) in [6.07, 6.45) is 3.25. The average Bonchev–Trinajstić information content (AvgIpc) is 2.53. The smallest absolute Gasteiger partial charge is 0.0929 e. The summed E-state index contributed by atoms with van der Waals surface area (Å²) in [6, 6.07) is 11.6. The Bertz CT molecular complexity index is 521. The molecule has 0 saturated carbocycles. The highest BCUT2D eigenvalue weighted by molar-refractivity contribution is 5.80. The van der Waals surface area contributed by atoms with Gasteiger partial charge in [0.05, 0.1) is 11.9 Å². The molecule has 1 heterocycles. The Balaban J connectivity index is 0.000000741. The molecule has 0 aliphatic heterocycles. The molecule has 0 fully saturated rings. The van der Waals surface area contributed by atoms with Gasteiger partial charge in [-0.15, -0.1) is 0 Å². The van der Waals surface area contributed by atoms with Crippen molar-refractivity contribution in [3.63, 3.8) is 0 Å². The van der Waals surface area contributed by atoms with Crippen LogP contribution in [0.4, 0.5) is 0 Å². The molecule has 2 aromatic rings. The normalized spacial score (nSPS) is 8.63. The molecule has 94 valence electrons. The lowest BCUT2D eigenvalue weighted by Crippen LogP contribution is -1.88. The van der Waals surface area contributed by atoms with Crippen LogP contribution < -0.4 is 5.84 Å². The summed E-state index contributed by atoms with van der Waals surface area (Å²) in [5, 5.41) is 24.3. The van der Waals surface area contributed by atoms with Crippen molar-refractivity contribution in [2.75, 3.05) is 0 Å². The van der Waals surface area contributed by atoms with Crippen LogP contribution in [0.3, 0.4) is 0 Å². The number of nitriles is 2. The van der Waals surface area contributed by atoms with E-state index in [1.54, 1.807) is 12.4 Å². The van der Waals surface area contributed by atoms with Crippen LogP contribution in [0.2, 0.25) is 0 Å². The number of hydrogen-bond donors (Lipinski definition) is 1. The summed E-state index contributed by atoms with van der Waals surface area (Å²) in [5.41, 5.74) is 2.84. The molecule has 2 N–H and O–H groups in total. The average molecular weight is 252 g/mol. The standard InChI is InChI=1S/C11H10N4.2CHN/c12-13-8-9-3-5-10(6-4-9)11-2-1-7-14-15-11;2*1-2/h1-8H,12H2;2*1H. The zero-order valence-electron chi connectivity index (χ0n) is 10.1. The van der Waals surface area contributed by atoms with Gasteiger partial charge in [-0.1, -0.05) is 24.3 Å². The minimum atomic E-state index is 0.855. The summed E-state index contributed by atoms with van der Waals surface area (Å²) >= 11 is 0. The van der Waals surface area contributed by atoms with E-state index in [-0.39, 0.29) is 0 Å². The molecule has 0 saturated heterocycles. The van der Waals surface area contributed by atoms with E-state index < -0.39 is 0 Å². The summed E-state index contributed by atoms with van der Waals surface area (Å²) in [6.45, 7) is 7.00. The van der Waals surface area contributed by atoms with Gasteiger partial charge in [0.25, 0.3) is 0 Å². The molecular weight excluding hydrogens is 240 g/mol. The molecule has 0 aliphatic rings. The predicted molar refractivity (Wildman–Crippen MR) is 72.6 cm³/mol. The Hall–Kier alpha value is -3.25. The summed E-state index contributed by atoms with van der Waals surface area (Å²) < 4.78 is 0. The number of nitrogens with two attached hydrogens (primary N) is 1. The second-order valence-electron chi connectivity index (χ2n) is 3.01. The second-order valence-corrected chi connectivity index (χ2v) is 3.01. The number of aromatic nitrogens is 2. The van der Waals surface area contributed by atoms with Crippen molar-refractivity contribution in [3.05, 3.63) is 48.2 Å². The molecule has 0 spiro atoms. The number of rotatable bonds is 2. The fourth-order valence-corrected chi connectivity index (χ4v) is 1.28. The number of hydrogen-bond acceptors (Lipinski definition) is 6. The van der Waals surface area contributed by atoms with Crippen molar-refractivity contribution >= 4 is 6.21 Å². The molecule has 0 radical (unpaired) electrons. The first-order chi connectivity index (χ1) is 9.40. The van der Waals surface area contributed by atoms with Crippen LogP contribution in [0.1, 0.15) is 5.56 Å². The molecule has 6 heteroatoms. The zero-order valence-corrected chi connectivity index (χ0v) is 10.1. The van der Waals surface area contributed by atoms with Crippen molar-refractivity contribution in [1.82, 2.24) is 10.2 Å². The van der Waals surface area contributed by atoms with Gasteiger partial charge in [0, 0.05) is 24.9 Å². The molecule has 0 amide bonds. The van der Waals surface area contributed by atoms with E-state index >= 15 is 0 Å². The second kappa shape index (κ2) is 9.94. The Morgan fingerprint density at radius 3 is 2.16 bits per heavy atom. The van der Waals surface area contributed by atoms with Crippen LogP contribution in [0, 0.1) is 23.7 Å². The number of nitrogens with zero attached hydrogens (tertiary/aromatic N) is 5. The quantitative estimate of drug-likeness (QED) is 0.496.